The number of nitrogens with zero attached hydrogens (tertiary/aromatic N) is 1. The predicted molar refractivity (Wildman–Crippen MR) is 84.6 cm³/mol. The summed E-state index contributed by atoms with van der Waals surface area (Å²) in [6, 6.07) is 15.6. The molecule has 114 valence electrons. The quantitative estimate of drug-likeness (QED) is 0.804. The van der Waals surface area contributed by atoms with Crippen LogP contribution in [0, 0.1) is 5.92 Å². The number of aromatic nitrogens is 1. The first-order chi connectivity index (χ1) is 10.8. The Morgan fingerprint density at radius 3 is 2.73 bits per heavy atom. The first-order valence-electron chi connectivity index (χ1n) is 7.50. The van der Waals surface area contributed by atoms with Crippen molar-refractivity contribution in [2.24, 2.45) is 5.92 Å². The van der Waals surface area contributed by atoms with E-state index in [0.717, 1.165) is 11.3 Å². The van der Waals surface area contributed by atoms with Gasteiger partial charge in [0.2, 0.25) is 5.91 Å². The number of hydrogen-bond acceptors (Lipinski definition) is 4. The summed E-state index contributed by atoms with van der Waals surface area (Å²) in [7, 11) is 0. The second-order valence-electron chi connectivity index (χ2n) is 5.50. The summed E-state index contributed by atoms with van der Waals surface area (Å²) >= 11 is 0. The molecule has 0 aliphatic carbocycles. The van der Waals surface area contributed by atoms with Crippen LogP contribution in [0.4, 0.5) is 0 Å². The van der Waals surface area contributed by atoms with Crippen LogP contribution in [0.25, 0.3) is 0 Å². The van der Waals surface area contributed by atoms with E-state index >= 15 is 0 Å². The number of hydrazine groups is 1. The van der Waals surface area contributed by atoms with Gasteiger partial charge in [0.25, 0.3) is 0 Å². The van der Waals surface area contributed by atoms with Gasteiger partial charge in [-0.1, -0.05) is 36.4 Å². The highest BCUT2D eigenvalue weighted by atomic mass is 16.2. The van der Waals surface area contributed by atoms with Gasteiger partial charge < -0.3 is 5.32 Å². The van der Waals surface area contributed by atoms with Crippen LogP contribution in [0.3, 0.4) is 0 Å². The zero-order valence-electron chi connectivity index (χ0n) is 12.5. The van der Waals surface area contributed by atoms with E-state index in [0.29, 0.717) is 6.54 Å². The fraction of sp³-hybridized carbons (Fsp3) is 0.294. The molecule has 1 fully saturated rings. The second kappa shape index (κ2) is 6.68. The third kappa shape index (κ3) is 3.16. The molecule has 1 amide bonds. The Morgan fingerprint density at radius 1 is 1.23 bits per heavy atom. The van der Waals surface area contributed by atoms with E-state index in [4.69, 9.17) is 0 Å². The second-order valence-corrected chi connectivity index (χ2v) is 5.50. The summed E-state index contributed by atoms with van der Waals surface area (Å²) in [5.41, 5.74) is 8.25. The molecule has 3 atom stereocenters. The molecule has 2 aromatic rings. The number of amides is 1. The largest absolute Gasteiger partial charge is 0.348 e. The molecule has 0 saturated carbocycles. The fourth-order valence-electron chi connectivity index (χ4n) is 2.74. The number of carbonyl (C=O) groups is 1. The minimum Gasteiger partial charge on any atom is -0.348 e. The van der Waals surface area contributed by atoms with Crippen molar-refractivity contribution < 1.29 is 4.79 Å². The summed E-state index contributed by atoms with van der Waals surface area (Å²) in [5.74, 6) is -0.113. The maximum absolute atomic E-state index is 12.6. The molecule has 1 aliphatic heterocycles. The lowest BCUT2D eigenvalue weighted by molar-refractivity contribution is -0.125. The van der Waals surface area contributed by atoms with Crippen LogP contribution in [0.15, 0.2) is 54.7 Å². The molecule has 3 rings (SSSR count). The van der Waals surface area contributed by atoms with E-state index < -0.39 is 0 Å². The van der Waals surface area contributed by atoms with Gasteiger partial charge in [0.15, 0.2) is 0 Å². The Bertz CT molecular complexity index is 617. The number of pyridine rings is 1. The molecule has 0 spiro atoms. The van der Waals surface area contributed by atoms with Crippen molar-refractivity contribution in [3.63, 3.8) is 0 Å². The summed E-state index contributed by atoms with van der Waals surface area (Å²) in [5, 5.41) is 3.06. The third-order valence-electron chi connectivity index (χ3n) is 3.97. The maximum Gasteiger partial charge on any atom is 0.226 e. The zero-order chi connectivity index (χ0) is 15.4. The van der Waals surface area contributed by atoms with Crippen LogP contribution in [0.5, 0.6) is 0 Å². The number of rotatable bonds is 4. The van der Waals surface area contributed by atoms with E-state index in [-0.39, 0.29) is 23.9 Å². The molecule has 0 bridgehead atoms. The number of benzene rings is 1. The SMILES string of the molecule is CC(NC(=O)C1CNNC1c1ccccc1)c1ccccn1. The van der Waals surface area contributed by atoms with Crippen LogP contribution in [0.2, 0.25) is 0 Å². The normalized spacial score (nSPS) is 22.2. The topological polar surface area (TPSA) is 66.1 Å². The number of carbonyl (C=O) groups excluding carboxylic acids is 1. The Morgan fingerprint density at radius 2 is 2.00 bits per heavy atom. The molecule has 1 saturated heterocycles. The Labute approximate surface area is 130 Å². The number of hydrogen-bond donors (Lipinski definition) is 3. The lowest BCUT2D eigenvalue weighted by Gasteiger charge is -2.21. The summed E-state index contributed by atoms with van der Waals surface area (Å²) < 4.78 is 0. The molecule has 2 heterocycles. The molecule has 5 heteroatoms. The van der Waals surface area contributed by atoms with Crippen molar-refractivity contribution in [3.05, 3.63) is 66.0 Å². The lowest BCUT2D eigenvalue weighted by atomic mass is 9.94. The van der Waals surface area contributed by atoms with Crippen molar-refractivity contribution >= 4 is 5.91 Å². The molecule has 1 aromatic carbocycles. The first-order valence-corrected chi connectivity index (χ1v) is 7.50. The van der Waals surface area contributed by atoms with Crippen LogP contribution >= 0.6 is 0 Å². The van der Waals surface area contributed by atoms with Crippen LogP contribution in [-0.4, -0.2) is 17.4 Å². The average molecular weight is 296 g/mol. The smallest absolute Gasteiger partial charge is 0.226 e. The lowest BCUT2D eigenvalue weighted by Crippen LogP contribution is -2.36. The highest BCUT2D eigenvalue weighted by molar-refractivity contribution is 5.80. The number of nitrogens with one attached hydrogen (secondary N) is 3. The Balaban J connectivity index is 1.69. The van der Waals surface area contributed by atoms with Gasteiger partial charge in [-0.2, -0.15) is 0 Å². The molecular formula is C17H20N4O. The van der Waals surface area contributed by atoms with E-state index in [1.165, 1.54) is 0 Å². The Kier molecular flexibility index (Phi) is 4.46. The summed E-state index contributed by atoms with van der Waals surface area (Å²) in [6.45, 7) is 2.56. The summed E-state index contributed by atoms with van der Waals surface area (Å²) in [4.78, 5) is 16.9. The van der Waals surface area contributed by atoms with Crippen molar-refractivity contribution in [1.82, 2.24) is 21.2 Å². The highest BCUT2D eigenvalue weighted by Crippen LogP contribution is 2.25. The first kappa shape index (κ1) is 14.7. The monoisotopic (exact) mass is 296 g/mol. The molecule has 3 N–H and O–H groups in total. The van der Waals surface area contributed by atoms with Gasteiger partial charge >= 0.3 is 0 Å². The standard InChI is InChI=1S/C17H20N4O/c1-12(15-9-5-6-10-18-15)20-17(22)14-11-19-21-16(14)13-7-3-2-4-8-13/h2-10,12,14,16,19,21H,11H2,1H3,(H,20,22). The average Bonchev–Trinajstić information content (AvgIpc) is 3.06. The molecule has 3 unspecified atom stereocenters. The van der Waals surface area contributed by atoms with Crippen molar-refractivity contribution in [2.45, 2.75) is 19.0 Å². The maximum atomic E-state index is 12.6. The zero-order valence-corrected chi connectivity index (χ0v) is 12.5. The van der Waals surface area contributed by atoms with Gasteiger partial charge in [0.05, 0.1) is 23.7 Å². The summed E-state index contributed by atoms with van der Waals surface area (Å²) in [6.07, 6.45) is 1.74. The molecular weight excluding hydrogens is 276 g/mol. The van der Waals surface area contributed by atoms with Crippen LogP contribution in [-0.2, 0) is 4.79 Å². The van der Waals surface area contributed by atoms with Gasteiger partial charge in [0.1, 0.15) is 0 Å². The van der Waals surface area contributed by atoms with Gasteiger partial charge in [-0.05, 0) is 24.6 Å². The van der Waals surface area contributed by atoms with Crippen LogP contribution < -0.4 is 16.2 Å². The van der Waals surface area contributed by atoms with Gasteiger partial charge in [0, 0.05) is 12.7 Å². The highest BCUT2D eigenvalue weighted by Gasteiger charge is 2.34. The predicted octanol–water partition coefficient (Wildman–Crippen LogP) is 1.72. The molecule has 22 heavy (non-hydrogen) atoms. The van der Waals surface area contributed by atoms with Crippen molar-refractivity contribution in [3.8, 4) is 0 Å². The van der Waals surface area contributed by atoms with E-state index in [1.807, 2.05) is 55.5 Å². The van der Waals surface area contributed by atoms with Gasteiger partial charge in [-0.3, -0.25) is 15.2 Å². The van der Waals surface area contributed by atoms with Gasteiger partial charge in [-0.25, -0.2) is 5.43 Å². The van der Waals surface area contributed by atoms with E-state index in [9.17, 15) is 4.79 Å². The van der Waals surface area contributed by atoms with Crippen molar-refractivity contribution in [2.75, 3.05) is 6.54 Å². The van der Waals surface area contributed by atoms with Crippen molar-refractivity contribution in [1.29, 1.82) is 0 Å². The minimum atomic E-state index is -0.145. The van der Waals surface area contributed by atoms with Gasteiger partial charge in [-0.15, -0.1) is 0 Å². The molecule has 0 radical (unpaired) electrons. The molecule has 1 aliphatic rings. The molecule has 1 aromatic heterocycles. The van der Waals surface area contributed by atoms with E-state index in [2.05, 4.69) is 21.2 Å². The van der Waals surface area contributed by atoms with Crippen LogP contribution in [0.1, 0.15) is 30.3 Å². The third-order valence-corrected chi connectivity index (χ3v) is 3.97. The Hall–Kier alpha value is -2.24. The minimum absolute atomic E-state index is 0.0165. The fourth-order valence-corrected chi connectivity index (χ4v) is 2.74. The molecule has 5 nitrogen and oxygen atoms in total. The van der Waals surface area contributed by atoms with E-state index in [1.54, 1.807) is 6.20 Å².